The quantitative estimate of drug-likeness (QED) is 0.123. The molecule has 278 valence electrons. The monoisotopic (exact) mass is 824 g/mol. The summed E-state index contributed by atoms with van der Waals surface area (Å²) in [6.07, 6.45) is 6.95. The predicted molar refractivity (Wildman–Crippen MR) is 236 cm³/mol. The van der Waals surface area contributed by atoms with Gasteiger partial charge in [0.1, 0.15) is 0 Å². The van der Waals surface area contributed by atoms with E-state index < -0.39 is 0 Å². The van der Waals surface area contributed by atoms with Crippen LogP contribution in [0, 0.1) is 28.7 Å². The normalized spacial score (nSPS) is 12.8. The Morgan fingerprint density at radius 1 is 0.596 bits per heavy atom. The minimum atomic E-state index is 0. The van der Waals surface area contributed by atoms with E-state index >= 15 is 0 Å². The number of aryl methyl sites for hydroxylation is 2. The Kier molecular flexibility index (Phi) is 18.8. The minimum absolute atomic E-state index is 0. The van der Waals surface area contributed by atoms with E-state index in [1.807, 2.05) is 0 Å². The second kappa shape index (κ2) is 20.5. The van der Waals surface area contributed by atoms with E-state index in [9.17, 15) is 0 Å². The molecule has 1 fully saturated rings. The van der Waals surface area contributed by atoms with Crippen molar-refractivity contribution in [2.45, 2.75) is 104 Å². The van der Waals surface area contributed by atoms with Crippen LogP contribution in [0.4, 0.5) is 0 Å². The van der Waals surface area contributed by atoms with Gasteiger partial charge < -0.3 is 14.9 Å². The van der Waals surface area contributed by atoms with Crippen molar-refractivity contribution in [2.75, 3.05) is 0 Å². The summed E-state index contributed by atoms with van der Waals surface area (Å²) in [5.41, 5.74) is 12.8. The van der Waals surface area contributed by atoms with Crippen molar-refractivity contribution >= 4 is 53.2 Å². The fourth-order valence-electron chi connectivity index (χ4n) is 7.32. The van der Waals surface area contributed by atoms with Gasteiger partial charge in [-0.15, -0.1) is 93.4 Å². The molecule has 7 rings (SSSR count). The van der Waals surface area contributed by atoms with Crippen LogP contribution in [-0.4, -0.2) is 6.88 Å². The second-order valence-corrected chi connectivity index (χ2v) is 15.9. The fourth-order valence-corrected chi connectivity index (χ4v) is 7.32. The summed E-state index contributed by atoms with van der Waals surface area (Å²) in [7, 11) is 0. The first kappa shape index (κ1) is 47.8. The van der Waals surface area contributed by atoms with Crippen LogP contribution < -0.4 is 0 Å². The Morgan fingerprint density at radius 3 is 1.60 bits per heavy atom. The summed E-state index contributed by atoms with van der Waals surface area (Å²) in [6.45, 7) is 21.0. The van der Waals surface area contributed by atoms with Crippen molar-refractivity contribution in [1.29, 1.82) is 0 Å². The molecule has 0 aromatic heterocycles. The van der Waals surface area contributed by atoms with Crippen LogP contribution in [0.25, 0.3) is 43.8 Å². The SMILES string of the molecule is CC(C)(C)c1ccc(-c2cccc3[cH-]c(C4CCCCC4)cc23)cc1.Cc1cc2c(-c3ccc(C(C)(C)C)cc3)ccc(C)c2[cH-]1.Cl.Cl.[CH3-].[CH3-].[Si]=[Zr]. The van der Waals surface area contributed by atoms with Gasteiger partial charge in [-0.2, -0.15) is 12.1 Å². The molecule has 52 heavy (non-hydrogen) atoms. The van der Waals surface area contributed by atoms with E-state index in [0.717, 1.165) is 5.92 Å². The molecule has 6 aromatic rings. The molecule has 1 aliphatic rings. The third kappa shape index (κ3) is 11.2. The van der Waals surface area contributed by atoms with Crippen molar-refractivity contribution in [2.24, 2.45) is 0 Å². The molecule has 0 spiro atoms. The van der Waals surface area contributed by atoms with Gasteiger partial charge in [-0.05, 0) is 51.8 Å². The van der Waals surface area contributed by atoms with Crippen LogP contribution in [0.3, 0.4) is 0 Å². The average Bonchev–Trinajstić information content (AvgIpc) is 3.70. The van der Waals surface area contributed by atoms with Gasteiger partial charge in [0.15, 0.2) is 0 Å². The van der Waals surface area contributed by atoms with Crippen LogP contribution in [0.1, 0.15) is 107 Å². The molecule has 6 aromatic carbocycles. The number of rotatable bonds is 3. The summed E-state index contributed by atoms with van der Waals surface area (Å²) in [6, 6.07) is 39.0. The molecular weight excluding hydrogens is 767 g/mol. The Balaban J connectivity index is 0.000000468. The van der Waals surface area contributed by atoms with Gasteiger partial charge in [-0.25, -0.2) is 0 Å². The Hall–Kier alpha value is -2.22. The molecule has 0 heterocycles. The maximum absolute atomic E-state index is 3.06. The van der Waals surface area contributed by atoms with Gasteiger partial charge in [-0.1, -0.05) is 146 Å². The molecule has 0 bridgehead atoms. The summed E-state index contributed by atoms with van der Waals surface area (Å²) in [4.78, 5) is 0. The summed E-state index contributed by atoms with van der Waals surface area (Å²) < 4.78 is 0. The van der Waals surface area contributed by atoms with Crippen LogP contribution in [0.2, 0.25) is 0 Å². The van der Waals surface area contributed by atoms with Crippen molar-refractivity contribution in [3.05, 3.63) is 146 Å². The first-order valence-electron chi connectivity index (χ1n) is 17.7. The van der Waals surface area contributed by atoms with Crippen LogP contribution in [-0.2, 0) is 34.2 Å². The third-order valence-electron chi connectivity index (χ3n) is 10.2. The standard InChI is InChI=1S/C25H29.C21H23.2CH3.2ClH.Si.Zr/c1-25(2,3)22-14-12-19(13-15-22)23-11-7-10-20-16-21(17-24(20)23)18-8-5-4-6-9-18;1-14-12-19-15(2)6-11-18(20(19)13-14)16-7-9-17(10-8-16)21(3,4)5;;;;;;/h7,10-18H,4-6,8-9H2,1-3H3;6-13H,1-5H3;2*1H3;2*1H;;/q4*-1;;;;. The molecule has 0 nitrogen and oxygen atoms in total. The molecule has 4 heteroatoms. The molecule has 0 N–H and O–H groups in total. The molecule has 0 unspecified atom stereocenters. The van der Waals surface area contributed by atoms with Gasteiger partial charge in [0.05, 0.1) is 0 Å². The van der Waals surface area contributed by atoms with E-state index in [2.05, 4.69) is 165 Å². The Bertz CT molecular complexity index is 1960. The van der Waals surface area contributed by atoms with Gasteiger partial charge in [-0.3, -0.25) is 0 Å². The third-order valence-corrected chi connectivity index (χ3v) is 10.2. The van der Waals surface area contributed by atoms with Gasteiger partial charge >= 0.3 is 30.2 Å². The van der Waals surface area contributed by atoms with Gasteiger partial charge in [0, 0.05) is 0 Å². The van der Waals surface area contributed by atoms with E-state index in [1.54, 1.807) is 5.56 Å². The van der Waals surface area contributed by atoms with Crippen molar-refractivity contribution in [3.63, 3.8) is 0 Å². The maximum atomic E-state index is 3.06. The molecule has 0 atom stereocenters. The number of hydrogen-bond acceptors (Lipinski definition) is 0. The molecule has 2 radical (unpaired) electrons. The first-order valence-corrected chi connectivity index (χ1v) is 21.9. The molecule has 0 amide bonds. The van der Waals surface area contributed by atoms with Crippen LogP contribution >= 0.6 is 24.8 Å². The van der Waals surface area contributed by atoms with Gasteiger partial charge in [0.2, 0.25) is 0 Å². The molecular formula is C48H60Cl2SiZr-4. The average molecular weight is 827 g/mol. The Labute approximate surface area is 346 Å². The van der Waals surface area contributed by atoms with E-state index in [0.29, 0.717) is 0 Å². The van der Waals surface area contributed by atoms with Crippen LogP contribution in [0.15, 0.2) is 103 Å². The van der Waals surface area contributed by atoms with Gasteiger partial charge in [0.25, 0.3) is 0 Å². The second-order valence-electron chi connectivity index (χ2n) is 15.9. The van der Waals surface area contributed by atoms with E-state index in [-0.39, 0.29) is 50.5 Å². The topological polar surface area (TPSA) is 0 Å². The molecule has 1 saturated carbocycles. The zero-order chi connectivity index (χ0) is 34.6. The fraction of sp³-hybridized carbons (Fsp3) is 0.333. The number of fused-ring (bicyclic) bond motifs is 2. The molecule has 0 aliphatic heterocycles. The van der Waals surface area contributed by atoms with E-state index in [4.69, 9.17) is 0 Å². The summed E-state index contributed by atoms with van der Waals surface area (Å²) in [5.74, 6) is 0.775. The zero-order valence-corrected chi connectivity index (χ0v) is 38.3. The zero-order valence-electron chi connectivity index (χ0n) is 33.2. The van der Waals surface area contributed by atoms with Crippen molar-refractivity contribution in [1.82, 2.24) is 0 Å². The predicted octanol–water partition coefficient (Wildman–Crippen LogP) is 15.1. The molecule has 1 aliphatic carbocycles. The number of hydrogen-bond donors (Lipinski definition) is 0. The number of benzene rings is 4. The van der Waals surface area contributed by atoms with Crippen molar-refractivity contribution < 1.29 is 23.3 Å². The summed E-state index contributed by atoms with van der Waals surface area (Å²) in [5, 5.41) is 5.57. The number of halogens is 2. The van der Waals surface area contributed by atoms with Crippen molar-refractivity contribution in [3.8, 4) is 22.3 Å². The summed E-state index contributed by atoms with van der Waals surface area (Å²) >= 11 is 1.36. The Morgan fingerprint density at radius 2 is 1.10 bits per heavy atom. The molecule has 0 saturated heterocycles. The first-order chi connectivity index (χ1) is 22.9. The van der Waals surface area contributed by atoms with E-state index in [1.165, 1.54) is 121 Å². The van der Waals surface area contributed by atoms with Crippen LogP contribution in [0.5, 0.6) is 0 Å².